The molecule has 0 amide bonds. The summed E-state index contributed by atoms with van der Waals surface area (Å²) in [5.74, 6) is 0. The maximum Gasteiger partial charge on any atom is 0.101 e. The molecule has 0 aliphatic carbocycles. The number of H-pyrrole nitrogens is 4. The molecule has 0 unspecified atom stereocenters. The van der Waals surface area contributed by atoms with Crippen LogP contribution in [0.25, 0.3) is 44.1 Å². The second kappa shape index (κ2) is 5.35. The zero-order valence-electron chi connectivity index (χ0n) is 13.8. The van der Waals surface area contributed by atoms with Crippen molar-refractivity contribution in [1.82, 2.24) is 19.9 Å². The summed E-state index contributed by atoms with van der Waals surface area (Å²) >= 11 is 0. The highest BCUT2D eigenvalue weighted by molar-refractivity contribution is 5.73. The van der Waals surface area contributed by atoms with Crippen molar-refractivity contribution in [3.05, 3.63) is 71.4 Å². The number of rotatable bonds is 0. The van der Waals surface area contributed by atoms with Gasteiger partial charge < -0.3 is 19.9 Å². The number of aromatic nitrogens is 4. The van der Waals surface area contributed by atoms with Crippen LogP contribution in [0.1, 0.15) is 0 Å². The molecule has 0 fully saturated rings. The first kappa shape index (κ1) is 14.5. The van der Waals surface area contributed by atoms with Gasteiger partial charge in [-0.1, -0.05) is 0 Å². The minimum Gasteiger partial charge on any atom is -0.355 e. The molecule has 6 nitrogen and oxygen atoms in total. The molecule has 5 rings (SSSR count). The molecule has 6 N–H and O–H groups in total. The molecule has 0 atom stereocenters. The van der Waals surface area contributed by atoms with E-state index in [1.807, 2.05) is 60.7 Å². The van der Waals surface area contributed by atoms with Crippen molar-refractivity contribution < 1.29 is 0 Å². The topological polar surface area (TPSA) is 111 Å². The molecule has 26 heavy (non-hydrogen) atoms. The molecular formula is C20H16N6. The van der Waals surface area contributed by atoms with Crippen molar-refractivity contribution >= 4 is 44.1 Å². The lowest BCUT2D eigenvalue weighted by atomic mass is 10.4. The normalized spacial score (nSPS) is 11.4. The third-order valence-corrected chi connectivity index (χ3v) is 4.53. The monoisotopic (exact) mass is 340 g/mol. The van der Waals surface area contributed by atoms with Gasteiger partial charge in [0.1, 0.15) is 10.7 Å². The average Bonchev–Trinajstić information content (AvgIpc) is 3.41. The van der Waals surface area contributed by atoms with Gasteiger partial charge in [-0.2, -0.15) is 0 Å². The van der Waals surface area contributed by atoms with Crippen LogP contribution < -0.4 is 10.7 Å². The lowest BCUT2D eigenvalue weighted by Gasteiger charge is -1.86. The molecule has 5 aromatic rings. The molecule has 0 radical (unpaired) electrons. The van der Waals surface area contributed by atoms with Crippen molar-refractivity contribution in [2.75, 3.05) is 0 Å². The van der Waals surface area contributed by atoms with E-state index in [0.29, 0.717) is 21.7 Å². The molecule has 0 aliphatic rings. The predicted octanol–water partition coefficient (Wildman–Crippen LogP) is 3.70. The Hall–Kier alpha value is -3.80. The van der Waals surface area contributed by atoms with E-state index in [1.54, 1.807) is 0 Å². The van der Waals surface area contributed by atoms with Crippen LogP contribution in [0.5, 0.6) is 0 Å². The predicted molar refractivity (Wildman–Crippen MR) is 103 cm³/mol. The van der Waals surface area contributed by atoms with E-state index in [4.69, 9.17) is 10.8 Å². The Morgan fingerprint density at radius 3 is 1.27 bits per heavy atom. The summed E-state index contributed by atoms with van der Waals surface area (Å²) in [7, 11) is 0. The first-order valence-electron chi connectivity index (χ1n) is 8.30. The van der Waals surface area contributed by atoms with Gasteiger partial charge in [0, 0.05) is 22.1 Å². The Morgan fingerprint density at radius 1 is 0.423 bits per heavy atom. The smallest absolute Gasteiger partial charge is 0.101 e. The zero-order valence-corrected chi connectivity index (χ0v) is 13.8. The lowest BCUT2D eigenvalue weighted by molar-refractivity contribution is 1.27. The number of fused-ring (bicyclic) bond motifs is 8. The van der Waals surface area contributed by atoms with E-state index in [9.17, 15) is 0 Å². The highest BCUT2D eigenvalue weighted by Crippen LogP contribution is 2.10. The van der Waals surface area contributed by atoms with E-state index in [1.165, 1.54) is 0 Å². The summed E-state index contributed by atoms with van der Waals surface area (Å²) in [6.07, 6.45) is 0. The van der Waals surface area contributed by atoms with Gasteiger partial charge in [-0.05, 0) is 60.7 Å². The van der Waals surface area contributed by atoms with Crippen LogP contribution in [0.2, 0.25) is 0 Å². The third-order valence-electron chi connectivity index (χ3n) is 4.53. The highest BCUT2D eigenvalue weighted by Gasteiger charge is 1.98. The number of nitrogens with one attached hydrogen (secondary N) is 6. The van der Waals surface area contributed by atoms with Crippen LogP contribution in [0.4, 0.5) is 0 Å². The summed E-state index contributed by atoms with van der Waals surface area (Å²) in [6.45, 7) is 0. The Balaban J connectivity index is 1.99. The number of hydrogen-bond donors (Lipinski definition) is 6. The van der Waals surface area contributed by atoms with Crippen molar-refractivity contribution in [3.63, 3.8) is 0 Å². The summed E-state index contributed by atoms with van der Waals surface area (Å²) in [5, 5.41) is 17.6. The summed E-state index contributed by atoms with van der Waals surface area (Å²) < 4.78 is 0. The van der Waals surface area contributed by atoms with Crippen LogP contribution in [0.15, 0.2) is 60.7 Å². The van der Waals surface area contributed by atoms with Crippen LogP contribution in [-0.4, -0.2) is 19.9 Å². The molecule has 5 heterocycles. The van der Waals surface area contributed by atoms with E-state index < -0.39 is 0 Å². The second-order valence-electron chi connectivity index (χ2n) is 6.35. The third kappa shape index (κ3) is 2.36. The molecular weight excluding hydrogens is 324 g/mol. The van der Waals surface area contributed by atoms with Crippen molar-refractivity contribution in [2.24, 2.45) is 0 Å². The van der Waals surface area contributed by atoms with Crippen LogP contribution in [-0.2, 0) is 0 Å². The Morgan fingerprint density at radius 2 is 0.769 bits per heavy atom. The van der Waals surface area contributed by atoms with E-state index in [-0.39, 0.29) is 0 Å². The first-order chi connectivity index (χ1) is 12.7. The summed E-state index contributed by atoms with van der Waals surface area (Å²) in [4.78, 5) is 13.1. The summed E-state index contributed by atoms with van der Waals surface area (Å²) in [5.41, 5.74) is 6.60. The Labute approximate surface area is 146 Å². The van der Waals surface area contributed by atoms with E-state index in [0.717, 1.165) is 33.1 Å². The van der Waals surface area contributed by atoms with Gasteiger partial charge in [0.2, 0.25) is 0 Å². The van der Waals surface area contributed by atoms with Crippen molar-refractivity contribution in [3.8, 4) is 0 Å². The average molecular weight is 340 g/mol. The van der Waals surface area contributed by atoms with Crippen LogP contribution >= 0.6 is 0 Å². The fourth-order valence-corrected chi connectivity index (χ4v) is 3.19. The quantitative estimate of drug-likeness (QED) is 0.247. The number of hydrogen-bond acceptors (Lipinski definition) is 2. The van der Waals surface area contributed by atoms with E-state index >= 15 is 0 Å². The minimum absolute atomic E-state index is 0.364. The van der Waals surface area contributed by atoms with Crippen molar-refractivity contribution in [2.45, 2.75) is 0 Å². The molecule has 0 aromatic carbocycles. The van der Waals surface area contributed by atoms with Gasteiger partial charge in [-0.15, -0.1) is 0 Å². The Bertz CT molecular complexity index is 1370. The van der Waals surface area contributed by atoms with Crippen LogP contribution in [0, 0.1) is 10.8 Å². The summed E-state index contributed by atoms with van der Waals surface area (Å²) in [6, 6.07) is 19.4. The molecule has 126 valence electrons. The highest BCUT2D eigenvalue weighted by atomic mass is 14.8. The Kier molecular flexibility index (Phi) is 2.99. The second-order valence-corrected chi connectivity index (χ2v) is 6.35. The first-order valence-corrected chi connectivity index (χ1v) is 8.30. The molecule has 0 spiro atoms. The van der Waals surface area contributed by atoms with E-state index in [2.05, 4.69) is 19.9 Å². The fraction of sp³-hybridized carbons (Fsp3) is 0. The van der Waals surface area contributed by atoms with Gasteiger partial charge >= 0.3 is 0 Å². The largest absolute Gasteiger partial charge is 0.355 e. The SMILES string of the molecule is N=c1c2ccc(cc3ccc(cc4ccc([nH]4)c(=N)c4ccc1[nH]4)[nH]3)[nH]2. The zero-order chi connectivity index (χ0) is 17.7. The van der Waals surface area contributed by atoms with Gasteiger partial charge in [0.15, 0.2) is 0 Å². The molecule has 8 bridgehead atoms. The van der Waals surface area contributed by atoms with Gasteiger partial charge in [0.25, 0.3) is 0 Å². The van der Waals surface area contributed by atoms with Crippen LogP contribution in [0.3, 0.4) is 0 Å². The molecule has 0 saturated carbocycles. The maximum atomic E-state index is 8.44. The van der Waals surface area contributed by atoms with Gasteiger partial charge in [0.05, 0.1) is 22.1 Å². The molecule has 0 aliphatic heterocycles. The number of aromatic amines is 4. The fourth-order valence-electron chi connectivity index (χ4n) is 3.19. The maximum absolute atomic E-state index is 8.44. The standard InChI is InChI=1S/C20H16N6/c21-19-15-5-3-13(24-15)9-11-1-2-12(23-11)10-14-4-6-16(25-14)20(22)18-8-7-17(19)26-18/h1-10,21-26H. The molecule has 6 heteroatoms. The van der Waals surface area contributed by atoms with Crippen molar-refractivity contribution in [1.29, 1.82) is 10.8 Å². The minimum atomic E-state index is 0.364. The molecule has 0 saturated heterocycles. The lowest BCUT2D eigenvalue weighted by Crippen LogP contribution is -2.01. The van der Waals surface area contributed by atoms with Gasteiger partial charge in [-0.25, -0.2) is 0 Å². The van der Waals surface area contributed by atoms with Gasteiger partial charge in [-0.3, -0.25) is 10.8 Å². The molecule has 5 aromatic heterocycles.